The molecule has 1 saturated heterocycles. The average molecular weight is 499 g/mol. The molecule has 1 atom stereocenters. The number of hydrogen-bond donors (Lipinski definition) is 3. The Kier molecular flexibility index (Phi) is 8.55. The summed E-state index contributed by atoms with van der Waals surface area (Å²) in [5.74, 6) is 0.592. The van der Waals surface area contributed by atoms with Crippen molar-refractivity contribution >= 4 is 34.1 Å². The van der Waals surface area contributed by atoms with E-state index in [9.17, 15) is 9.90 Å². The molecular formula is C27H35ClN4O3. The van der Waals surface area contributed by atoms with Crippen molar-refractivity contribution in [2.75, 3.05) is 51.3 Å². The summed E-state index contributed by atoms with van der Waals surface area (Å²) in [5, 5.41) is 15.0. The number of carbonyl (C=O) groups is 1. The smallest absolute Gasteiger partial charge is 0.267 e. The van der Waals surface area contributed by atoms with E-state index in [1.165, 1.54) is 5.56 Å². The van der Waals surface area contributed by atoms with Crippen LogP contribution in [-0.4, -0.2) is 73.4 Å². The Hall–Kier alpha value is -2.74. The maximum Gasteiger partial charge on any atom is 0.267 e. The number of ether oxygens (including phenoxy) is 1. The van der Waals surface area contributed by atoms with Gasteiger partial charge in [0.05, 0.1) is 23.9 Å². The highest BCUT2D eigenvalue weighted by Crippen LogP contribution is 2.37. The molecule has 1 aliphatic rings. The molecule has 3 aromatic rings. The van der Waals surface area contributed by atoms with Gasteiger partial charge in [0, 0.05) is 50.2 Å². The molecule has 1 fully saturated rings. The van der Waals surface area contributed by atoms with Crippen molar-refractivity contribution < 1.29 is 14.6 Å². The van der Waals surface area contributed by atoms with Crippen LogP contribution in [0.25, 0.3) is 10.9 Å². The van der Waals surface area contributed by atoms with E-state index in [0.717, 1.165) is 61.5 Å². The first-order valence-electron chi connectivity index (χ1n) is 12.4. The number of nitrogens with zero attached hydrogens (tertiary/aromatic N) is 2. The zero-order valence-electron chi connectivity index (χ0n) is 20.5. The summed E-state index contributed by atoms with van der Waals surface area (Å²) in [5.41, 5.74) is 3.74. The Morgan fingerprint density at radius 1 is 1.17 bits per heavy atom. The fourth-order valence-corrected chi connectivity index (χ4v) is 4.92. The molecule has 4 rings (SSSR count). The summed E-state index contributed by atoms with van der Waals surface area (Å²) in [4.78, 5) is 20.2. The molecule has 1 amide bonds. The van der Waals surface area contributed by atoms with Gasteiger partial charge in [-0.2, -0.15) is 0 Å². The van der Waals surface area contributed by atoms with Crippen LogP contribution in [0.4, 0.5) is 5.69 Å². The van der Waals surface area contributed by atoms with Crippen LogP contribution in [0.15, 0.2) is 42.5 Å². The second-order valence-corrected chi connectivity index (χ2v) is 9.48. The first kappa shape index (κ1) is 25.4. The number of benzene rings is 2. The summed E-state index contributed by atoms with van der Waals surface area (Å²) in [6.07, 6.45) is 1.70. The fraction of sp³-hybridized carbons (Fsp3) is 0.444. The number of fused-ring (bicyclic) bond motifs is 1. The summed E-state index contributed by atoms with van der Waals surface area (Å²) in [6.45, 7) is 7.00. The molecule has 8 heteroatoms. The highest BCUT2D eigenvalue weighted by atomic mass is 35.5. The van der Waals surface area contributed by atoms with Crippen LogP contribution in [0.3, 0.4) is 0 Å². The second-order valence-electron chi connectivity index (χ2n) is 9.07. The number of aromatic amines is 1. The standard InChI is InChI=1S/C27H35ClN4O3/c1-3-19-16-22(28)26(35-2)25(17-19)32-14-12-31(13-15-32)11-9-21(33)8-10-29-27(34)24-18-20-6-4-5-7-23(20)30-24/h4-7,16-18,21,30,33H,3,8-15H2,1-2H3,(H,29,34). The lowest BCUT2D eigenvalue weighted by Gasteiger charge is -2.37. The van der Waals surface area contributed by atoms with Crippen molar-refractivity contribution in [1.29, 1.82) is 0 Å². The number of aryl methyl sites for hydroxylation is 1. The SMILES string of the molecule is CCc1cc(Cl)c(OC)c(N2CCN(CCC(O)CCNC(=O)c3cc4ccccc4[nH]3)CC2)c1. The van der Waals surface area contributed by atoms with Gasteiger partial charge in [-0.1, -0.05) is 36.7 Å². The van der Waals surface area contributed by atoms with E-state index in [1.807, 2.05) is 36.4 Å². The van der Waals surface area contributed by atoms with Crippen LogP contribution < -0.4 is 15.0 Å². The largest absolute Gasteiger partial charge is 0.493 e. The minimum Gasteiger partial charge on any atom is -0.493 e. The van der Waals surface area contributed by atoms with E-state index in [1.54, 1.807) is 7.11 Å². The van der Waals surface area contributed by atoms with Crippen LogP contribution >= 0.6 is 11.6 Å². The highest BCUT2D eigenvalue weighted by molar-refractivity contribution is 6.32. The fourth-order valence-electron chi connectivity index (χ4n) is 4.61. The number of aliphatic hydroxyl groups is 1. The van der Waals surface area contributed by atoms with E-state index < -0.39 is 6.10 Å². The number of para-hydroxylation sites is 1. The molecule has 1 unspecified atom stereocenters. The van der Waals surface area contributed by atoms with Crippen LogP contribution in [0.1, 0.15) is 35.8 Å². The summed E-state index contributed by atoms with van der Waals surface area (Å²) in [6, 6.07) is 13.8. The molecule has 188 valence electrons. The van der Waals surface area contributed by atoms with Crippen molar-refractivity contribution in [3.8, 4) is 5.75 Å². The van der Waals surface area contributed by atoms with Crippen molar-refractivity contribution in [3.05, 3.63) is 58.7 Å². The van der Waals surface area contributed by atoms with Gasteiger partial charge in [0.1, 0.15) is 5.69 Å². The van der Waals surface area contributed by atoms with E-state index in [4.69, 9.17) is 16.3 Å². The molecule has 2 aromatic carbocycles. The quantitative estimate of drug-likeness (QED) is 0.392. The Labute approximate surface area is 212 Å². The number of carbonyl (C=O) groups excluding carboxylic acids is 1. The molecule has 3 N–H and O–H groups in total. The van der Waals surface area contributed by atoms with E-state index >= 15 is 0 Å². The summed E-state index contributed by atoms with van der Waals surface area (Å²) >= 11 is 6.44. The van der Waals surface area contributed by atoms with Crippen molar-refractivity contribution in [2.24, 2.45) is 0 Å². The predicted octanol–water partition coefficient (Wildman–Crippen LogP) is 4.09. The Balaban J connectivity index is 1.18. The maximum atomic E-state index is 12.4. The van der Waals surface area contributed by atoms with Gasteiger partial charge >= 0.3 is 0 Å². The van der Waals surface area contributed by atoms with Gasteiger partial charge in [-0.3, -0.25) is 9.69 Å². The number of aromatic nitrogens is 1. The second kappa shape index (κ2) is 11.8. The Morgan fingerprint density at radius 2 is 1.94 bits per heavy atom. The maximum absolute atomic E-state index is 12.4. The molecule has 1 aromatic heterocycles. The lowest BCUT2D eigenvalue weighted by Crippen LogP contribution is -2.47. The number of amides is 1. The van der Waals surface area contributed by atoms with Crippen molar-refractivity contribution in [1.82, 2.24) is 15.2 Å². The zero-order chi connectivity index (χ0) is 24.8. The minimum absolute atomic E-state index is 0.146. The molecule has 2 heterocycles. The Bertz CT molecular complexity index is 1110. The van der Waals surface area contributed by atoms with Crippen molar-refractivity contribution in [3.63, 3.8) is 0 Å². The molecule has 7 nitrogen and oxygen atoms in total. The van der Waals surface area contributed by atoms with Crippen LogP contribution in [-0.2, 0) is 6.42 Å². The molecule has 0 aliphatic carbocycles. The molecular weight excluding hydrogens is 464 g/mol. The first-order chi connectivity index (χ1) is 17.0. The lowest BCUT2D eigenvalue weighted by molar-refractivity contribution is 0.0931. The lowest BCUT2D eigenvalue weighted by atomic mass is 10.1. The van der Waals surface area contributed by atoms with E-state index in [2.05, 4.69) is 33.1 Å². The number of nitrogens with one attached hydrogen (secondary N) is 2. The van der Waals surface area contributed by atoms with Crippen LogP contribution in [0, 0.1) is 0 Å². The van der Waals surface area contributed by atoms with Gasteiger partial charge in [-0.05, 0) is 49.1 Å². The number of halogens is 1. The third-order valence-electron chi connectivity index (χ3n) is 6.73. The van der Waals surface area contributed by atoms with Crippen molar-refractivity contribution in [2.45, 2.75) is 32.3 Å². The number of anilines is 1. The molecule has 0 radical (unpaired) electrons. The first-order valence-corrected chi connectivity index (χ1v) is 12.7. The number of hydrogen-bond acceptors (Lipinski definition) is 5. The third kappa shape index (κ3) is 6.28. The van der Waals surface area contributed by atoms with E-state index in [0.29, 0.717) is 30.1 Å². The highest BCUT2D eigenvalue weighted by Gasteiger charge is 2.22. The zero-order valence-corrected chi connectivity index (χ0v) is 21.3. The molecule has 0 spiro atoms. The predicted molar refractivity (Wildman–Crippen MR) is 142 cm³/mol. The molecule has 35 heavy (non-hydrogen) atoms. The molecule has 1 aliphatic heterocycles. The third-order valence-corrected chi connectivity index (χ3v) is 7.01. The normalized spacial score (nSPS) is 15.4. The van der Waals surface area contributed by atoms with Gasteiger partial charge in [-0.25, -0.2) is 0 Å². The van der Waals surface area contributed by atoms with Gasteiger partial charge in [-0.15, -0.1) is 0 Å². The van der Waals surface area contributed by atoms with Gasteiger partial charge in [0.2, 0.25) is 0 Å². The number of rotatable bonds is 10. The number of aliphatic hydroxyl groups excluding tert-OH is 1. The van der Waals surface area contributed by atoms with Gasteiger partial charge < -0.3 is 25.0 Å². The monoisotopic (exact) mass is 498 g/mol. The summed E-state index contributed by atoms with van der Waals surface area (Å²) in [7, 11) is 1.66. The van der Waals surface area contributed by atoms with Crippen LogP contribution in [0.5, 0.6) is 5.75 Å². The number of methoxy groups -OCH3 is 1. The molecule has 0 saturated carbocycles. The van der Waals surface area contributed by atoms with Gasteiger partial charge in [0.25, 0.3) is 5.91 Å². The number of H-pyrrole nitrogens is 1. The average Bonchev–Trinajstić information content (AvgIpc) is 3.32. The van der Waals surface area contributed by atoms with Gasteiger partial charge in [0.15, 0.2) is 5.75 Å². The number of piperazine rings is 1. The summed E-state index contributed by atoms with van der Waals surface area (Å²) < 4.78 is 5.58. The molecule has 0 bridgehead atoms. The van der Waals surface area contributed by atoms with E-state index in [-0.39, 0.29) is 5.91 Å². The minimum atomic E-state index is -0.448. The topological polar surface area (TPSA) is 80.8 Å². The Morgan fingerprint density at radius 3 is 2.66 bits per heavy atom. The van der Waals surface area contributed by atoms with Crippen LogP contribution in [0.2, 0.25) is 5.02 Å².